The number of hydrogen-bond acceptors (Lipinski definition) is 6. The number of carbonyl (C=O) groups is 1. The van der Waals surface area contributed by atoms with Gasteiger partial charge in [0.2, 0.25) is 10.0 Å². The molecule has 1 N–H and O–H groups in total. The number of benzene rings is 2. The maximum atomic E-state index is 12.7. The Bertz CT molecular complexity index is 1180. The summed E-state index contributed by atoms with van der Waals surface area (Å²) in [4.78, 5) is 23.9. The Morgan fingerprint density at radius 3 is 2.63 bits per heavy atom. The largest absolute Gasteiger partial charge is 0.464 e. The summed E-state index contributed by atoms with van der Waals surface area (Å²) in [5.74, 6) is -1.33. The van der Waals surface area contributed by atoms with Crippen LogP contribution in [-0.4, -0.2) is 32.1 Å². The molecule has 2 aromatic carbocycles. The van der Waals surface area contributed by atoms with Crippen LogP contribution in [0.25, 0.3) is 11.1 Å². The van der Waals surface area contributed by atoms with Crippen LogP contribution >= 0.6 is 0 Å². The molecule has 0 saturated carbocycles. The number of aromatic nitrogens is 1. The highest BCUT2D eigenvalue weighted by Crippen LogP contribution is 2.20. The van der Waals surface area contributed by atoms with Gasteiger partial charge in [-0.25, -0.2) is 17.9 Å². The molecule has 3 aromatic rings. The predicted octanol–water partition coefficient (Wildman–Crippen LogP) is 2.63. The van der Waals surface area contributed by atoms with Gasteiger partial charge < -0.3 is 9.15 Å². The molecule has 0 bridgehead atoms. The number of hydrogen-bond donors (Lipinski definition) is 1. The van der Waals surface area contributed by atoms with E-state index < -0.39 is 21.7 Å². The average Bonchev–Trinajstić information content (AvgIpc) is 3.05. The van der Waals surface area contributed by atoms with Crippen LogP contribution in [0.15, 0.2) is 62.6 Å². The van der Waals surface area contributed by atoms with Gasteiger partial charge in [-0.05, 0) is 30.0 Å². The number of esters is 1. The topological polar surface area (TPSA) is 108 Å². The monoisotopic (exact) mass is 432 g/mol. The highest BCUT2D eigenvalue weighted by Gasteiger charge is 2.20. The second-order valence-corrected chi connectivity index (χ2v) is 8.73. The number of nitrogens with zero attached hydrogens (tertiary/aromatic N) is 1. The Kier molecular flexibility index (Phi) is 6.73. The van der Waals surface area contributed by atoms with Crippen LogP contribution < -0.4 is 10.5 Å². The molecule has 0 aliphatic rings. The minimum absolute atomic E-state index is 0.0159. The lowest BCUT2D eigenvalue weighted by atomic mass is 10.0. The molecule has 160 valence electrons. The molecule has 1 atom stereocenters. The summed E-state index contributed by atoms with van der Waals surface area (Å²) in [5.41, 5.74) is 1.43. The van der Waals surface area contributed by atoms with Crippen molar-refractivity contribution in [2.45, 2.75) is 37.6 Å². The zero-order valence-corrected chi connectivity index (χ0v) is 17.6. The van der Waals surface area contributed by atoms with E-state index in [2.05, 4.69) is 4.72 Å². The summed E-state index contributed by atoms with van der Waals surface area (Å²) in [7, 11) is -3.81. The first-order valence-corrected chi connectivity index (χ1v) is 11.1. The third-order valence-electron chi connectivity index (χ3n) is 4.65. The zero-order chi connectivity index (χ0) is 21.7. The van der Waals surface area contributed by atoms with Crippen LogP contribution in [0.4, 0.5) is 0 Å². The molecule has 0 aliphatic heterocycles. The van der Waals surface area contributed by atoms with Gasteiger partial charge in [0.15, 0.2) is 5.58 Å². The van der Waals surface area contributed by atoms with Crippen LogP contribution in [0, 0.1) is 0 Å². The fourth-order valence-electron chi connectivity index (χ4n) is 2.97. The summed E-state index contributed by atoms with van der Waals surface area (Å²) < 4.78 is 39.2. The van der Waals surface area contributed by atoms with E-state index in [1.54, 1.807) is 0 Å². The highest BCUT2D eigenvalue weighted by atomic mass is 32.2. The van der Waals surface area contributed by atoms with E-state index in [-0.39, 0.29) is 36.1 Å². The smallest absolute Gasteiger partial charge is 0.420 e. The molecule has 0 unspecified atom stereocenters. The number of oxazole rings is 1. The van der Waals surface area contributed by atoms with Gasteiger partial charge in [-0.15, -0.1) is 0 Å². The molecule has 8 nitrogen and oxygen atoms in total. The van der Waals surface area contributed by atoms with Crippen LogP contribution in [0.2, 0.25) is 0 Å². The minimum atomic E-state index is -3.81. The van der Waals surface area contributed by atoms with Crippen molar-refractivity contribution in [1.29, 1.82) is 0 Å². The van der Waals surface area contributed by atoms with E-state index >= 15 is 0 Å². The van der Waals surface area contributed by atoms with Crippen molar-refractivity contribution >= 4 is 27.1 Å². The third-order valence-corrected chi connectivity index (χ3v) is 6.07. The van der Waals surface area contributed by atoms with Crippen molar-refractivity contribution in [3.8, 4) is 0 Å². The van der Waals surface area contributed by atoms with E-state index in [0.717, 1.165) is 10.1 Å². The van der Waals surface area contributed by atoms with E-state index in [4.69, 9.17) is 9.15 Å². The number of nitrogens with one attached hydrogen (secondary N) is 1. The van der Waals surface area contributed by atoms with Crippen LogP contribution in [-0.2, 0) is 26.1 Å². The minimum Gasteiger partial charge on any atom is -0.464 e. The van der Waals surface area contributed by atoms with Gasteiger partial charge in [0.25, 0.3) is 0 Å². The van der Waals surface area contributed by atoms with Crippen molar-refractivity contribution < 1.29 is 22.4 Å². The van der Waals surface area contributed by atoms with E-state index in [9.17, 15) is 18.0 Å². The van der Waals surface area contributed by atoms with Crippen molar-refractivity contribution in [3.63, 3.8) is 0 Å². The molecule has 0 aliphatic carbocycles. The Morgan fingerprint density at radius 2 is 1.93 bits per heavy atom. The molecule has 3 rings (SSSR count). The molecule has 30 heavy (non-hydrogen) atoms. The first-order valence-electron chi connectivity index (χ1n) is 9.65. The fraction of sp³-hybridized carbons (Fsp3) is 0.333. The molecule has 1 aromatic heterocycles. The third kappa shape index (κ3) is 4.98. The van der Waals surface area contributed by atoms with Gasteiger partial charge in [0.05, 0.1) is 17.0 Å². The second kappa shape index (κ2) is 9.27. The maximum absolute atomic E-state index is 12.7. The lowest BCUT2D eigenvalue weighted by Gasteiger charge is -2.13. The number of sulfonamides is 1. The normalized spacial score (nSPS) is 12.7. The number of fused-ring (bicyclic) bond motifs is 1. The molecule has 0 radical (unpaired) electrons. The molecular weight excluding hydrogens is 408 g/mol. The molecular formula is C21H24N2O6S. The van der Waals surface area contributed by atoms with Crippen molar-refractivity contribution in [2.24, 2.45) is 0 Å². The number of carbonyl (C=O) groups excluding carboxylic acids is 1. The fourth-order valence-corrected chi connectivity index (χ4v) is 4.12. The van der Waals surface area contributed by atoms with E-state index in [0.29, 0.717) is 11.9 Å². The summed E-state index contributed by atoms with van der Waals surface area (Å²) >= 11 is 0. The molecule has 9 heteroatoms. The summed E-state index contributed by atoms with van der Waals surface area (Å²) in [6, 6.07) is 13.7. The van der Waals surface area contributed by atoms with Crippen LogP contribution in [0.5, 0.6) is 0 Å². The van der Waals surface area contributed by atoms with Crippen molar-refractivity contribution in [2.75, 3.05) is 13.2 Å². The van der Waals surface area contributed by atoms with Gasteiger partial charge >= 0.3 is 11.7 Å². The lowest BCUT2D eigenvalue weighted by Crippen LogP contribution is -2.27. The number of rotatable bonds is 9. The van der Waals surface area contributed by atoms with Crippen LogP contribution in [0.1, 0.15) is 31.7 Å². The van der Waals surface area contributed by atoms with Gasteiger partial charge in [-0.2, -0.15) is 0 Å². The average molecular weight is 432 g/mol. The highest BCUT2D eigenvalue weighted by molar-refractivity contribution is 7.89. The zero-order valence-electron chi connectivity index (χ0n) is 16.8. The Hall–Kier alpha value is -2.91. The maximum Gasteiger partial charge on any atom is 0.420 e. The Morgan fingerprint density at radius 1 is 1.20 bits per heavy atom. The van der Waals surface area contributed by atoms with Gasteiger partial charge in [0.1, 0.15) is 6.54 Å². The summed E-state index contributed by atoms with van der Waals surface area (Å²) in [6.07, 6.45) is 0.671. The van der Waals surface area contributed by atoms with E-state index in [1.165, 1.54) is 18.2 Å². The van der Waals surface area contributed by atoms with Gasteiger partial charge in [-0.3, -0.25) is 9.36 Å². The molecule has 0 saturated heterocycles. The molecule has 0 fully saturated rings. The van der Waals surface area contributed by atoms with Gasteiger partial charge in [0, 0.05) is 12.6 Å². The quantitative estimate of drug-likeness (QED) is 0.521. The summed E-state index contributed by atoms with van der Waals surface area (Å²) in [5, 5.41) is 0. The predicted molar refractivity (Wildman–Crippen MR) is 112 cm³/mol. The van der Waals surface area contributed by atoms with Crippen molar-refractivity contribution in [1.82, 2.24) is 9.29 Å². The van der Waals surface area contributed by atoms with Crippen molar-refractivity contribution in [3.05, 3.63) is 64.6 Å². The van der Waals surface area contributed by atoms with E-state index in [1.807, 2.05) is 44.2 Å². The lowest BCUT2D eigenvalue weighted by molar-refractivity contribution is -0.144. The molecule has 0 spiro atoms. The molecule has 1 heterocycles. The molecule has 0 amide bonds. The van der Waals surface area contributed by atoms with Crippen LogP contribution in [0.3, 0.4) is 0 Å². The first kappa shape index (κ1) is 21.8. The summed E-state index contributed by atoms with van der Waals surface area (Å²) in [6.45, 7) is 3.98. The SMILES string of the molecule is CCCOC(=O)Cn1c(=O)oc2cc(S(=O)(=O)NC[C@@H](C)c3ccccc3)ccc21. The first-order chi connectivity index (χ1) is 14.3. The van der Waals surface area contributed by atoms with Gasteiger partial charge in [-0.1, -0.05) is 44.2 Å². The Balaban J connectivity index is 1.77. The standard InChI is InChI=1S/C21H24N2O6S/c1-3-11-28-20(24)14-23-18-10-9-17(12-19(18)29-21(23)25)30(26,27)22-13-15(2)16-7-5-4-6-8-16/h4-10,12,15,22H,3,11,13-14H2,1-2H3/t15-/m1/s1. The second-order valence-electron chi connectivity index (χ2n) is 6.97. The number of ether oxygens (including phenoxy) is 1. The Labute approximate surface area is 174 Å².